The van der Waals surface area contributed by atoms with Crippen molar-refractivity contribution < 1.29 is 28.8 Å². The van der Waals surface area contributed by atoms with Gasteiger partial charge in [0.15, 0.2) is 18.9 Å². The number of hydrogen-bond acceptors (Lipinski definition) is 6. The van der Waals surface area contributed by atoms with E-state index in [0.29, 0.717) is 17.8 Å². The number of fused-ring (bicyclic) bond motifs is 3. The molecule has 30 heavy (non-hydrogen) atoms. The van der Waals surface area contributed by atoms with Crippen molar-refractivity contribution in [2.24, 2.45) is 23.7 Å². The second-order valence-electron chi connectivity index (χ2n) is 9.46. The van der Waals surface area contributed by atoms with E-state index >= 15 is 0 Å². The second kappa shape index (κ2) is 8.79. The van der Waals surface area contributed by atoms with Gasteiger partial charge in [-0.1, -0.05) is 0 Å². The number of hydrogen-bond donors (Lipinski definition) is 1. The molecule has 5 fully saturated rings. The van der Waals surface area contributed by atoms with E-state index < -0.39 is 12.4 Å². The predicted molar refractivity (Wildman–Crippen MR) is 108 cm³/mol. The van der Waals surface area contributed by atoms with Gasteiger partial charge in [0.25, 0.3) is 0 Å². The van der Waals surface area contributed by atoms with E-state index in [-0.39, 0.29) is 43.4 Å². The van der Waals surface area contributed by atoms with E-state index in [1.165, 1.54) is 0 Å². The Labute approximate surface area is 178 Å². The van der Waals surface area contributed by atoms with Gasteiger partial charge >= 0.3 is 0 Å². The molecule has 0 spiro atoms. The molecule has 7 atom stereocenters. The van der Waals surface area contributed by atoms with Gasteiger partial charge in [-0.15, -0.1) is 24.7 Å². The number of aliphatic hydroxyl groups excluding tert-OH is 1. The average Bonchev–Trinajstić information content (AvgIpc) is 3.37. The Morgan fingerprint density at radius 2 is 1.10 bits per heavy atom. The summed E-state index contributed by atoms with van der Waals surface area (Å²) in [6.45, 7) is -0.111. The zero-order chi connectivity index (χ0) is 20.7. The molecule has 2 aliphatic carbocycles. The third-order valence-electron chi connectivity index (χ3n) is 7.70. The molecule has 1 N–H and O–H groups in total. The lowest BCUT2D eigenvalue weighted by Gasteiger charge is -2.42. The molecule has 5 aliphatic rings. The highest BCUT2D eigenvalue weighted by molar-refractivity contribution is 5.01. The van der Waals surface area contributed by atoms with Crippen molar-refractivity contribution >= 4 is 0 Å². The van der Waals surface area contributed by atoms with Crippen LogP contribution < -0.4 is 0 Å². The molecule has 3 heterocycles. The standard InChI is InChI=1S/C24H32O6/c1-3-14-5-9-16(10-6-14)22-26-18(13-25)19-20(28-22)21-24(27-19)30-23(29-21)17-11-7-15(4-2)8-12-17/h1-2,14-25H,5-13H2. The minimum Gasteiger partial charge on any atom is -0.394 e. The van der Waals surface area contributed by atoms with Crippen molar-refractivity contribution in [1.29, 1.82) is 0 Å². The van der Waals surface area contributed by atoms with E-state index in [1.807, 2.05) is 0 Å². The average molecular weight is 417 g/mol. The summed E-state index contributed by atoms with van der Waals surface area (Å²) in [5.41, 5.74) is 0. The molecule has 0 aromatic carbocycles. The Morgan fingerprint density at radius 1 is 0.600 bits per heavy atom. The van der Waals surface area contributed by atoms with Crippen molar-refractivity contribution in [3.8, 4) is 24.7 Å². The molecule has 5 rings (SSSR count). The van der Waals surface area contributed by atoms with Crippen molar-refractivity contribution in [3.05, 3.63) is 0 Å². The zero-order valence-electron chi connectivity index (χ0n) is 17.4. The highest BCUT2D eigenvalue weighted by Crippen LogP contribution is 2.45. The number of terminal acetylenes is 2. The van der Waals surface area contributed by atoms with Crippen molar-refractivity contribution in [1.82, 2.24) is 0 Å². The first-order valence-electron chi connectivity index (χ1n) is 11.5. The maximum atomic E-state index is 9.92. The smallest absolute Gasteiger partial charge is 0.190 e. The van der Waals surface area contributed by atoms with Gasteiger partial charge in [-0.25, -0.2) is 0 Å². The Kier molecular flexibility index (Phi) is 6.08. The van der Waals surface area contributed by atoms with Gasteiger partial charge in [0.1, 0.15) is 24.4 Å². The Bertz CT molecular complexity index is 681. The Morgan fingerprint density at radius 3 is 1.63 bits per heavy atom. The molecule has 6 nitrogen and oxygen atoms in total. The summed E-state index contributed by atoms with van der Waals surface area (Å²) < 4.78 is 31.1. The first-order valence-corrected chi connectivity index (χ1v) is 11.5. The van der Waals surface area contributed by atoms with Crippen LogP contribution in [0.4, 0.5) is 0 Å². The molecule has 0 radical (unpaired) electrons. The molecular formula is C24H32O6. The number of aliphatic hydroxyl groups is 1. The van der Waals surface area contributed by atoms with Crippen molar-refractivity contribution in [3.63, 3.8) is 0 Å². The second-order valence-corrected chi connectivity index (χ2v) is 9.46. The van der Waals surface area contributed by atoms with Crippen LogP contribution >= 0.6 is 0 Å². The molecule has 0 amide bonds. The van der Waals surface area contributed by atoms with E-state index in [2.05, 4.69) is 11.8 Å². The van der Waals surface area contributed by atoms with Crippen LogP contribution in [-0.2, 0) is 23.7 Å². The predicted octanol–water partition coefficient (Wildman–Crippen LogP) is 2.43. The van der Waals surface area contributed by atoms with E-state index in [9.17, 15) is 5.11 Å². The van der Waals surface area contributed by atoms with Crippen LogP contribution in [0.3, 0.4) is 0 Å². The minimum absolute atomic E-state index is 0.111. The molecule has 2 saturated carbocycles. The molecule has 6 heteroatoms. The van der Waals surface area contributed by atoms with E-state index in [1.54, 1.807) is 0 Å². The third kappa shape index (κ3) is 3.79. The minimum atomic E-state index is -0.469. The quantitative estimate of drug-likeness (QED) is 0.713. The monoisotopic (exact) mass is 416 g/mol. The normalized spacial score (nSPS) is 50.8. The lowest BCUT2D eigenvalue weighted by molar-refractivity contribution is -0.318. The molecular weight excluding hydrogens is 384 g/mol. The van der Waals surface area contributed by atoms with Crippen LogP contribution in [0.15, 0.2) is 0 Å². The van der Waals surface area contributed by atoms with Crippen LogP contribution in [0.1, 0.15) is 51.4 Å². The topological polar surface area (TPSA) is 66.4 Å². The largest absolute Gasteiger partial charge is 0.394 e. The summed E-state index contributed by atoms with van der Waals surface area (Å²) in [6.07, 6.45) is 16.7. The number of rotatable bonds is 3. The van der Waals surface area contributed by atoms with Crippen molar-refractivity contribution in [2.75, 3.05) is 6.61 Å². The SMILES string of the molecule is C#CC1CCC(C2OC3OC4C(CO)OC(C5CCC(C#C)CC5)OC4C3O2)CC1. The fourth-order valence-electron chi connectivity index (χ4n) is 5.82. The van der Waals surface area contributed by atoms with Gasteiger partial charge < -0.3 is 28.8 Å². The maximum Gasteiger partial charge on any atom is 0.190 e. The van der Waals surface area contributed by atoms with Gasteiger partial charge in [-0.05, 0) is 51.4 Å². The summed E-state index contributed by atoms with van der Waals surface area (Å²) in [4.78, 5) is 0. The van der Waals surface area contributed by atoms with Crippen LogP contribution in [0, 0.1) is 48.4 Å². The fourth-order valence-corrected chi connectivity index (χ4v) is 5.82. The van der Waals surface area contributed by atoms with Crippen LogP contribution in [0.2, 0.25) is 0 Å². The summed E-state index contributed by atoms with van der Waals surface area (Å²) in [5, 5.41) is 9.92. The molecule has 0 aromatic rings. The summed E-state index contributed by atoms with van der Waals surface area (Å²) in [5.74, 6) is 7.08. The van der Waals surface area contributed by atoms with E-state index in [4.69, 9.17) is 36.5 Å². The van der Waals surface area contributed by atoms with Gasteiger partial charge in [-0.3, -0.25) is 0 Å². The Balaban J connectivity index is 1.23. The molecule has 3 saturated heterocycles. The van der Waals surface area contributed by atoms with E-state index in [0.717, 1.165) is 51.4 Å². The summed E-state index contributed by atoms with van der Waals surface area (Å²) >= 11 is 0. The van der Waals surface area contributed by atoms with Crippen LogP contribution in [0.25, 0.3) is 0 Å². The first kappa shape index (κ1) is 20.8. The van der Waals surface area contributed by atoms with Gasteiger partial charge in [0, 0.05) is 23.7 Å². The zero-order valence-corrected chi connectivity index (χ0v) is 17.4. The molecule has 0 bridgehead atoms. The lowest BCUT2D eigenvalue weighted by atomic mass is 9.81. The third-order valence-corrected chi connectivity index (χ3v) is 7.70. The van der Waals surface area contributed by atoms with Crippen LogP contribution in [-0.4, -0.2) is 55.0 Å². The van der Waals surface area contributed by atoms with Crippen molar-refractivity contribution in [2.45, 2.75) is 94.7 Å². The molecule has 164 valence electrons. The first-order chi connectivity index (χ1) is 14.7. The van der Waals surface area contributed by atoms with Gasteiger partial charge in [0.2, 0.25) is 0 Å². The molecule has 7 unspecified atom stereocenters. The number of ether oxygens (including phenoxy) is 5. The lowest BCUT2D eigenvalue weighted by Crippen LogP contribution is -2.55. The highest BCUT2D eigenvalue weighted by Gasteiger charge is 2.59. The summed E-state index contributed by atoms with van der Waals surface area (Å²) in [7, 11) is 0. The summed E-state index contributed by atoms with van der Waals surface area (Å²) in [6, 6.07) is 0. The van der Waals surface area contributed by atoms with Crippen LogP contribution in [0.5, 0.6) is 0 Å². The van der Waals surface area contributed by atoms with Gasteiger partial charge in [0.05, 0.1) is 6.61 Å². The fraction of sp³-hybridized carbons (Fsp3) is 0.833. The highest BCUT2D eigenvalue weighted by atomic mass is 16.8. The van der Waals surface area contributed by atoms with Gasteiger partial charge in [-0.2, -0.15) is 0 Å². The molecule has 0 aromatic heterocycles. The maximum absolute atomic E-state index is 9.92. The molecule has 3 aliphatic heterocycles. The Hall–Kier alpha value is -1.12.